The number of rotatable bonds is 7. The van der Waals surface area contributed by atoms with Gasteiger partial charge in [0.1, 0.15) is 16.8 Å². The molecule has 3 aromatic carbocycles. The summed E-state index contributed by atoms with van der Waals surface area (Å²) < 4.78 is 29.3. The molecule has 3 aromatic rings. The Morgan fingerprint density at radius 2 is 1.62 bits per heavy atom. The molecular weight excluding hydrogens is 409 g/mol. The highest BCUT2D eigenvalue weighted by atomic mass is 32.2. The summed E-state index contributed by atoms with van der Waals surface area (Å²) in [5.74, 6) is -0.347. The second kappa shape index (κ2) is 9.62. The number of thioether (sulfide) groups is 1. The van der Waals surface area contributed by atoms with E-state index >= 15 is 0 Å². The highest BCUT2D eigenvalue weighted by molar-refractivity contribution is 8.14. The van der Waals surface area contributed by atoms with Gasteiger partial charge < -0.3 is 4.72 Å². The van der Waals surface area contributed by atoms with Crippen molar-refractivity contribution in [2.75, 3.05) is 10.5 Å². The van der Waals surface area contributed by atoms with E-state index in [1.54, 1.807) is 66.7 Å². The maximum atomic E-state index is 13.9. The molecule has 148 valence electrons. The van der Waals surface area contributed by atoms with Gasteiger partial charge >= 0.3 is 0 Å². The summed E-state index contributed by atoms with van der Waals surface area (Å²) in [4.78, 5) is 23.5. The van der Waals surface area contributed by atoms with Crippen LogP contribution < -0.4 is 4.72 Å². The highest BCUT2D eigenvalue weighted by Gasteiger charge is 2.10. The highest BCUT2D eigenvalue weighted by Crippen LogP contribution is 2.24. The molecule has 0 fully saturated rings. The molecule has 0 aliphatic carbocycles. The van der Waals surface area contributed by atoms with Crippen molar-refractivity contribution in [2.45, 2.75) is 11.8 Å². The van der Waals surface area contributed by atoms with Crippen LogP contribution in [-0.4, -0.2) is 20.9 Å². The summed E-state index contributed by atoms with van der Waals surface area (Å²) in [6.45, 7) is 1.42. The van der Waals surface area contributed by atoms with Crippen LogP contribution in [0, 0.1) is 5.82 Å². The number of anilines is 1. The number of hydrogen-bond donors (Lipinski definition) is 1. The largest absolute Gasteiger partial charge is 0.301 e. The van der Waals surface area contributed by atoms with Gasteiger partial charge in [-0.15, -0.1) is 0 Å². The second-order valence-corrected chi connectivity index (χ2v) is 8.52. The van der Waals surface area contributed by atoms with Gasteiger partial charge in [0.2, 0.25) is 0 Å². The molecule has 0 amide bonds. The van der Waals surface area contributed by atoms with Crippen molar-refractivity contribution >= 4 is 39.3 Å². The fraction of sp³-hybridized carbons (Fsp3) is 0.0909. The van der Waals surface area contributed by atoms with Gasteiger partial charge in [0, 0.05) is 23.7 Å². The quantitative estimate of drug-likeness (QED) is 0.534. The second-order valence-electron chi connectivity index (χ2n) is 6.16. The molecule has 1 unspecified atom stereocenters. The molecule has 0 aliphatic rings. The molecule has 0 heterocycles. The number of carbonyl (C=O) groups is 2. The van der Waals surface area contributed by atoms with E-state index in [0.717, 1.165) is 11.8 Å². The molecule has 29 heavy (non-hydrogen) atoms. The normalized spacial score (nSPS) is 11.7. The summed E-state index contributed by atoms with van der Waals surface area (Å²) in [7, 11) is -1.51. The fourth-order valence-corrected chi connectivity index (χ4v) is 3.95. The molecule has 0 radical (unpaired) electrons. The van der Waals surface area contributed by atoms with Crippen molar-refractivity contribution in [3.05, 3.63) is 84.2 Å². The van der Waals surface area contributed by atoms with E-state index in [-0.39, 0.29) is 22.5 Å². The van der Waals surface area contributed by atoms with Crippen molar-refractivity contribution < 1.29 is 18.2 Å². The topological polar surface area (TPSA) is 63.2 Å². The van der Waals surface area contributed by atoms with E-state index in [1.165, 1.54) is 13.0 Å². The molecule has 0 aliphatic heterocycles. The first kappa shape index (κ1) is 21.0. The van der Waals surface area contributed by atoms with Gasteiger partial charge in [0.05, 0.1) is 10.6 Å². The standard InChI is InChI=1S/C22H18FNO3S2/c1-15(25)28-14-22(26)17-6-10-18(11-7-17)24-29(27)19-12-8-16(9-13-19)20-4-2-3-5-21(20)23/h2-13,24H,14H2,1H3. The van der Waals surface area contributed by atoms with Crippen molar-refractivity contribution in [1.29, 1.82) is 0 Å². The molecule has 0 saturated carbocycles. The molecule has 0 saturated heterocycles. The lowest BCUT2D eigenvalue weighted by Crippen LogP contribution is -2.06. The number of benzene rings is 3. The summed E-state index contributed by atoms with van der Waals surface area (Å²) >= 11 is 0.970. The Labute approximate surface area is 175 Å². The van der Waals surface area contributed by atoms with Crippen molar-refractivity contribution in [3.8, 4) is 11.1 Å². The lowest BCUT2D eigenvalue weighted by atomic mass is 10.1. The van der Waals surface area contributed by atoms with Gasteiger partial charge in [-0.25, -0.2) is 8.60 Å². The zero-order valence-corrected chi connectivity index (χ0v) is 17.2. The van der Waals surface area contributed by atoms with Crippen LogP contribution in [0.5, 0.6) is 0 Å². The van der Waals surface area contributed by atoms with E-state index in [9.17, 15) is 18.2 Å². The number of Topliss-reactive ketones (excluding diaryl/α,β-unsaturated/α-hetero) is 1. The van der Waals surface area contributed by atoms with Crippen LogP contribution >= 0.6 is 11.8 Å². The Morgan fingerprint density at radius 1 is 0.966 bits per heavy atom. The third-order valence-corrected chi connectivity index (χ3v) is 6.01. The minimum atomic E-state index is -1.51. The van der Waals surface area contributed by atoms with Gasteiger partial charge in [-0.1, -0.05) is 42.1 Å². The van der Waals surface area contributed by atoms with Crippen molar-refractivity contribution in [1.82, 2.24) is 0 Å². The molecule has 1 atom stereocenters. The predicted molar refractivity (Wildman–Crippen MR) is 116 cm³/mol. The smallest absolute Gasteiger partial charge is 0.186 e. The van der Waals surface area contributed by atoms with Crippen LogP contribution in [0.4, 0.5) is 10.1 Å². The molecule has 0 aromatic heterocycles. The third kappa shape index (κ3) is 5.62. The Morgan fingerprint density at radius 3 is 2.24 bits per heavy atom. The van der Waals surface area contributed by atoms with Gasteiger partial charge in [0.25, 0.3) is 0 Å². The van der Waals surface area contributed by atoms with E-state index in [4.69, 9.17) is 0 Å². The third-order valence-electron chi connectivity index (χ3n) is 4.08. The molecule has 0 bridgehead atoms. The molecule has 4 nitrogen and oxygen atoms in total. The lowest BCUT2D eigenvalue weighted by molar-refractivity contribution is -0.109. The first-order valence-corrected chi connectivity index (χ1v) is 10.9. The van der Waals surface area contributed by atoms with Gasteiger partial charge in [0.15, 0.2) is 10.9 Å². The zero-order valence-electron chi connectivity index (χ0n) is 15.6. The van der Waals surface area contributed by atoms with Crippen molar-refractivity contribution in [3.63, 3.8) is 0 Å². The maximum absolute atomic E-state index is 13.9. The van der Waals surface area contributed by atoms with Crippen LogP contribution in [0.15, 0.2) is 77.7 Å². The van der Waals surface area contributed by atoms with E-state index in [2.05, 4.69) is 4.72 Å². The first-order valence-electron chi connectivity index (χ1n) is 8.74. The Hall–Kier alpha value is -2.77. The average Bonchev–Trinajstić information content (AvgIpc) is 2.73. The fourth-order valence-electron chi connectivity index (χ4n) is 2.59. The van der Waals surface area contributed by atoms with Gasteiger partial charge in [-0.05, 0) is 48.0 Å². The molecule has 3 rings (SSSR count). The number of nitrogens with one attached hydrogen (secondary N) is 1. The number of ketones is 1. The predicted octanol–water partition coefficient (Wildman–Crippen LogP) is 5.09. The minimum absolute atomic E-state index is 0.0996. The SMILES string of the molecule is CC(=O)SCC(=O)c1ccc(NS(=O)c2ccc(-c3ccccc3F)cc2)cc1. The van der Waals surface area contributed by atoms with Crippen LogP contribution in [0.2, 0.25) is 0 Å². The summed E-state index contributed by atoms with van der Waals surface area (Å²) in [5, 5.41) is -0.104. The summed E-state index contributed by atoms with van der Waals surface area (Å²) in [5.41, 5.74) is 2.28. The molecule has 1 N–H and O–H groups in total. The van der Waals surface area contributed by atoms with E-state index < -0.39 is 11.0 Å². The molecule has 0 spiro atoms. The zero-order chi connectivity index (χ0) is 20.8. The lowest BCUT2D eigenvalue weighted by Gasteiger charge is -2.08. The Balaban J connectivity index is 1.65. The van der Waals surface area contributed by atoms with Gasteiger partial charge in [-0.3, -0.25) is 9.59 Å². The van der Waals surface area contributed by atoms with Gasteiger partial charge in [-0.2, -0.15) is 0 Å². The van der Waals surface area contributed by atoms with E-state index in [0.29, 0.717) is 27.3 Å². The van der Waals surface area contributed by atoms with Crippen LogP contribution in [-0.2, 0) is 15.8 Å². The summed E-state index contributed by atoms with van der Waals surface area (Å²) in [6, 6.07) is 19.9. The minimum Gasteiger partial charge on any atom is -0.301 e. The first-order chi connectivity index (χ1) is 13.9. The average molecular weight is 428 g/mol. The number of carbonyl (C=O) groups excluding carboxylic acids is 2. The molecular formula is C22H18FNO3S2. The number of hydrogen-bond acceptors (Lipinski definition) is 4. The van der Waals surface area contributed by atoms with E-state index in [1.807, 2.05) is 0 Å². The molecule has 7 heteroatoms. The Bertz CT molecular complexity index is 1050. The van der Waals surface area contributed by atoms with Crippen LogP contribution in [0.25, 0.3) is 11.1 Å². The number of halogens is 1. The van der Waals surface area contributed by atoms with Crippen molar-refractivity contribution in [2.24, 2.45) is 0 Å². The van der Waals surface area contributed by atoms with Crippen LogP contribution in [0.1, 0.15) is 17.3 Å². The Kier molecular flexibility index (Phi) is 6.95. The van der Waals surface area contributed by atoms with Crippen LogP contribution in [0.3, 0.4) is 0 Å². The monoisotopic (exact) mass is 427 g/mol. The summed E-state index contributed by atoms with van der Waals surface area (Å²) in [6.07, 6.45) is 0. The maximum Gasteiger partial charge on any atom is 0.186 e.